The number of nitriles is 1. The number of fused-ring (bicyclic) bond motifs is 1. The van der Waals surface area contributed by atoms with Crippen LogP contribution in [-0.2, 0) is 0 Å². The van der Waals surface area contributed by atoms with Crippen LogP contribution in [0.15, 0.2) is 30.6 Å². The van der Waals surface area contributed by atoms with Crippen molar-refractivity contribution in [3.63, 3.8) is 0 Å². The Morgan fingerprint density at radius 2 is 2.00 bits per heavy atom. The summed E-state index contributed by atoms with van der Waals surface area (Å²) in [4.78, 5) is 26.2. The van der Waals surface area contributed by atoms with Crippen LogP contribution in [0.2, 0.25) is 0 Å². The Morgan fingerprint density at radius 1 is 1.24 bits per heavy atom. The van der Waals surface area contributed by atoms with Crippen LogP contribution in [0.25, 0.3) is 11.0 Å². The molecule has 0 N–H and O–H groups in total. The fraction of sp³-hybridized carbons (Fsp3) is 0.381. The Kier molecular flexibility index (Phi) is 4.89. The van der Waals surface area contributed by atoms with Gasteiger partial charge in [0.05, 0.1) is 22.7 Å². The molecule has 1 saturated heterocycles. The molecule has 4 heterocycles. The summed E-state index contributed by atoms with van der Waals surface area (Å²) in [5.74, 6) is 0.674. The summed E-state index contributed by atoms with van der Waals surface area (Å²) in [6, 6.07) is 7.73. The third kappa shape index (κ3) is 3.40. The summed E-state index contributed by atoms with van der Waals surface area (Å²) in [5.41, 5.74) is 2.74. The van der Waals surface area contributed by atoms with Gasteiger partial charge in [-0.25, -0.2) is 14.6 Å². The van der Waals surface area contributed by atoms with Gasteiger partial charge in [-0.3, -0.25) is 4.79 Å². The smallest absolute Gasteiger partial charge is 0.254 e. The number of piperazine rings is 1. The largest absolute Gasteiger partial charge is 0.352 e. The quantitative estimate of drug-likeness (QED) is 0.684. The van der Waals surface area contributed by atoms with E-state index in [-0.39, 0.29) is 11.9 Å². The normalized spacial score (nSPS) is 14.4. The molecule has 3 aromatic rings. The van der Waals surface area contributed by atoms with Crippen molar-refractivity contribution in [3.8, 4) is 6.07 Å². The Bertz CT molecular complexity index is 1100. The molecular formula is C21H23N7O. The molecule has 0 aliphatic carbocycles. The lowest BCUT2D eigenvalue weighted by Gasteiger charge is -2.35. The maximum atomic E-state index is 13.3. The molecule has 8 nitrogen and oxygen atoms in total. The topological polar surface area (TPSA) is 90.9 Å². The van der Waals surface area contributed by atoms with Crippen molar-refractivity contribution >= 4 is 22.8 Å². The number of hydrogen-bond acceptors (Lipinski definition) is 6. The van der Waals surface area contributed by atoms with Gasteiger partial charge >= 0.3 is 0 Å². The van der Waals surface area contributed by atoms with Gasteiger partial charge in [0.25, 0.3) is 5.91 Å². The van der Waals surface area contributed by atoms with E-state index in [2.05, 4.69) is 26.0 Å². The third-order valence-electron chi connectivity index (χ3n) is 5.19. The predicted molar refractivity (Wildman–Crippen MR) is 110 cm³/mol. The van der Waals surface area contributed by atoms with Gasteiger partial charge in [0.1, 0.15) is 11.9 Å². The van der Waals surface area contributed by atoms with Crippen molar-refractivity contribution in [3.05, 3.63) is 47.4 Å². The van der Waals surface area contributed by atoms with Crippen LogP contribution in [0.4, 0.5) is 5.82 Å². The summed E-state index contributed by atoms with van der Waals surface area (Å²) in [6.45, 7) is 8.40. The minimum absolute atomic E-state index is 0.00927. The molecule has 0 bridgehead atoms. The first-order chi connectivity index (χ1) is 14.0. The summed E-state index contributed by atoms with van der Waals surface area (Å²) >= 11 is 0. The van der Waals surface area contributed by atoms with E-state index in [1.54, 1.807) is 24.5 Å². The molecule has 8 heteroatoms. The highest BCUT2D eigenvalue weighted by molar-refractivity contribution is 6.05. The lowest BCUT2D eigenvalue weighted by Crippen LogP contribution is -2.49. The molecule has 0 atom stereocenters. The number of pyridine rings is 2. The molecule has 0 unspecified atom stereocenters. The predicted octanol–water partition coefficient (Wildman–Crippen LogP) is 2.55. The fourth-order valence-corrected chi connectivity index (χ4v) is 3.73. The summed E-state index contributed by atoms with van der Waals surface area (Å²) in [7, 11) is 0. The van der Waals surface area contributed by atoms with E-state index in [4.69, 9.17) is 0 Å². The van der Waals surface area contributed by atoms with Crippen molar-refractivity contribution in [2.24, 2.45) is 0 Å². The van der Waals surface area contributed by atoms with Crippen molar-refractivity contribution in [2.45, 2.75) is 26.8 Å². The molecule has 4 rings (SSSR count). The molecule has 0 radical (unpaired) electrons. The zero-order valence-electron chi connectivity index (χ0n) is 16.8. The number of aryl methyl sites for hydroxylation is 1. The van der Waals surface area contributed by atoms with Gasteiger partial charge in [-0.1, -0.05) is 0 Å². The van der Waals surface area contributed by atoms with E-state index >= 15 is 0 Å². The number of hydrogen-bond donors (Lipinski definition) is 0. The lowest BCUT2D eigenvalue weighted by atomic mass is 10.1. The first-order valence-corrected chi connectivity index (χ1v) is 9.73. The van der Waals surface area contributed by atoms with Crippen molar-refractivity contribution in [2.75, 3.05) is 31.1 Å². The number of anilines is 1. The Morgan fingerprint density at radius 3 is 2.69 bits per heavy atom. The van der Waals surface area contributed by atoms with Crippen molar-refractivity contribution < 1.29 is 4.79 Å². The second-order valence-corrected chi connectivity index (χ2v) is 7.50. The number of carbonyl (C=O) groups is 1. The first-order valence-electron chi connectivity index (χ1n) is 9.73. The highest BCUT2D eigenvalue weighted by atomic mass is 16.2. The molecule has 0 aromatic carbocycles. The minimum Gasteiger partial charge on any atom is -0.352 e. The van der Waals surface area contributed by atoms with E-state index in [9.17, 15) is 10.1 Å². The van der Waals surface area contributed by atoms with E-state index in [1.807, 2.05) is 36.4 Å². The number of aromatic nitrogens is 4. The van der Waals surface area contributed by atoms with Crippen LogP contribution < -0.4 is 4.90 Å². The fourth-order valence-electron chi connectivity index (χ4n) is 3.73. The monoisotopic (exact) mass is 389 g/mol. The number of nitrogens with zero attached hydrogens (tertiary/aromatic N) is 7. The standard InChI is InChI=1S/C21H23N7O/c1-14(2)28-20-18(13-24-28)17(11-15(3)25-20)21(29)27-9-7-26(8-10-27)19-16(12-22)5-4-6-23-19/h4-6,11,13-14H,7-10H2,1-3H3. The maximum Gasteiger partial charge on any atom is 0.254 e. The van der Waals surface area contributed by atoms with E-state index < -0.39 is 0 Å². The van der Waals surface area contributed by atoms with Crippen molar-refractivity contribution in [1.82, 2.24) is 24.6 Å². The van der Waals surface area contributed by atoms with Gasteiger partial charge in [0, 0.05) is 44.1 Å². The van der Waals surface area contributed by atoms with Crippen LogP contribution in [0.5, 0.6) is 0 Å². The average Bonchev–Trinajstić information content (AvgIpc) is 3.16. The highest BCUT2D eigenvalue weighted by Crippen LogP contribution is 2.24. The van der Waals surface area contributed by atoms with E-state index in [0.717, 1.165) is 16.7 Å². The molecule has 29 heavy (non-hydrogen) atoms. The zero-order valence-corrected chi connectivity index (χ0v) is 16.8. The van der Waals surface area contributed by atoms with Gasteiger partial charge in [-0.15, -0.1) is 0 Å². The van der Waals surface area contributed by atoms with E-state index in [1.165, 1.54) is 0 Å². The Balaban J connectivity index is 1.57. The third-order valence-corrected chi connectivity index (χ3v) is 5.19. The molecule has 1 aliphatic heterocycles. The number of rotatable bonds is 3. The van der Waals surface area contributed by atoms with Crippen LogP contribution in [0, 0.1) is 18.3 Å². The van der Waals surface area contributed by atoms with Gasteiger partial charge in [-0.05, 0) is 39.0 Å². The second-order valence-electron chi connectivity index (χ2n) is 7.50. The molecule has 1 amide bonds. The van der Waals surface area contributed by atoms with Crippen LogP contribution in [-0.4, -0.2) is 56.7 Å². The molecular weight excluding hydrogens is 366 g/mol. The van der Waals surface area contributed by atoms with Crippen LogP contribution >= 0.6 is 0 Å². The lowest BCUT2D eigenvalue weighted by molar-refractivity contribution is 0.0748. The molecule has 1 fully saturated rings. The summed E-state index contributed by atoms with van der Waals surface area (Å²) < 4.78 is 1.85. The van der Waals surface area contributed by atoms with E-state index in [0.29, 0.717) is 43.1 Å². The highest BCUT2D eigenvalue weighted by Gasteiger charge is 2.26. The zero-order chi connectivity index (χ0) is 20.5. The van der Waals surface area contributed by atoms with Gasteiger partial charge in [0.15, 0.2) is 5.65 Å². The minimum atomic E-state index is -0.00927. The number of amides is 1. The summed E-state index contributed by atoms with van der Waals surface area (Å²) in [5, 5.41) is 14.5. The van der Waals surface area contributed by atoms with Gasteiger partial charge < -0.3 is 9.80 Å². The molecule has 0 saturated carbocycles. The van der Waals surface area contributed by atoms with Crippen LogP contribution in [0.1, 0.15) is 41.5 Å². The van der Waals surface area contributed by atoms with Crippen molar-refractivity contribution in [1.29, 1.82) is 5.26 Å². The number of carbonyl (C=O) groups excluding carboxylic acids is 1. The molecule has 1 aliphatic rings. The Labute approximate surface area is 169 Å². The summed E-state index contributed by atoms with van der Waals surface area (Å²) in [6.07, 6.45) is 3.43. The molecule has 3 aromatic heterocycles. The first kappa shape index (κ1) is 18.9. The van der Waals surface area contributed by atoms with Gasteiger partial charge in [-0.2, -0.15) is 10.4 Å². The molecule has 148 valence electrons. The Hall–Kier alpha value is -3.47. The average molecular weight is 389 g/mol. The molecule has 0 spiro atoms. The SMILES string of the molecule is Cc1cc(C(=O)N2CCN(c3ncccc3C#N)CC2)c2cnn(C(C)C)c2n1. The van der Waals surface area contributed by atoms with Gasteiger partial charge in [0.2, 0.25) is 0 Å². The maximum absolute atomic E-state index is 13.3. The van der Waals surface area contributed by atoms with Crippen LogP contribution in [0.3, 0.4) is 0 Å². The second kappa shape index (κ2) is 7.51.